The van der Waals surface area contributed by atoms with Crippen LogP contribution in [-0.2, 0) is 0 Å². The number of aromatic carboxylic acids is 1. The molecule has 476 valence electrons. The highest BCUT2D eigenvalue weighted by molar-refractivity contribution is 6.31. The molecule has 9 aromatic heterocycles. The largest absolute Gasteiger partial charge is 0.476 e. The standard InChI is InChI=1S/C22H20ClFN6O.C22H21FN6O.C12H16N4.C10H6ClFN2O2/c1-14-4-8-28-11-7-25-21(20(14)28)29-9-5-15(13-29)26-22(31)19-6-10-30(27-19)16-2-3-17(23)18(24)12-16;1-15-5-9-27-12-8-24-21(20(15)27)28-10-6-17(14-28)25-22(30)19-7-11-29(26-19)18-4-2-3-16(23)13-18;1-9-2-5-15-7-4-14-12(11(9)15)16-6-3-10(13)8-16;11-7-2-1-6(5-8(7)12)14-4-3-9(13-14)10(15)16/h2-4,6-8,10-12,15H,5,9,13H2,1H3,(H,26,31);2-5,7-9,11-13,17H,6,10,14H2,1H3,(H,25,30);2,4-5,7,10H,3,6,8,13H2,1H3;1-5H,(H,15,16)/t15-;17-;10-;/m000./s1. The molecule has 0 aliphatic carbocycles. The van der Waals surface area contributed by atoms with E-state index in [0.717, 1.165) is 73.9 Å². The van der Waals surface area contributed by atoms with E-state index in [2.05, 4.69) is 114 Å². The second-order valence-electron chi connectivity index (χ2n) is 22.7. The molecule has 3 saturated heterocycles. The quantitative estimate of drug-likeness (QED) is 0.0943. The van der Waals surface area contributed by atoms with E-state index in [1.807, 2.05) is 37.2 Å². The van der Waals surface area contributed by atoms with Gasteiger partial charge in [-0.15, -0.1) is 0 Å². The van der Waals surface area contributed by atoms with Crippen molar-refractivity contribution in [2.45, 2.75) is 58.2 Å². The Kier molecular flexibility index (Phi) is 18.3. The normalized spacial score (nSPS) is 16.1. The number of benzene rings is 3. The summed E-state index contributed by atoms with van der Waals surface area (Å²) in [7, 11) is 0. The van der Waals surface area contributed by atoms with E-state index in [-0.39, 0.29) is 57.2 Å². The third-order valence-corrected chi connectivity index (χ3v) is 16.9. The van der Waals surface area contributed by atoms with Crippen LogP contribution >= 0.6 is 23.2 Å². The maximum atomic E-state index is 13.7. The number of carboxylic acid groups (broad SMARTS) is 1. The molecule has 3 atom stereocenters. The number of nitrogens with two attached hydrogens (primary N) is 1. The number of carboxylic acids is 1. The van der Waals surface area contributed by atoms with Crippen molar-refractivity contribution >= 4 is 75.0 Å². The lowest BCUT2D eigenvalue weighted by molar-refractivity contribution is 0.0689. The van der Waals surface area contributed by atoms with Gasteiger partial charge in [-0.1, -0.05) is 29.3 Å². The molecular weight excluding hydrogens is 1240 g/mol. The summed E-state index contributed by atoms with van der Waals surface area (Å²) in [6.07, 6.45) is 24.9. The molecule has 0 bridgehead atoms. The molecule has 22 nitrogen and oxygen atoms in total. The molecule has 0 spiro atoms. The molecule has 93 heavy (non-hydrogen) atoms. The van der Waals surface area contributed by atoms with Crippen LogP contribution in [-0.4, -0.2) is 138 Å². The Labute approximate surface area is 540 Å². The average Bonchev–Trinajstić information content (AvgIpc) is 1.72. The molecule has 0 unspecified atom stereocenters. The van der Waals surface area contributed by atoms with Crippen LogP contribution in [0.5, 0.6) is 0 Å². The number of rotatable bonds is 11. The molecule has 27 heteroatoms. The van der Waals surface area contributed by atoms with Gasteiger partial charge in [-0.3, -0.25) is 9.59 Å². The van der Waals surface area contributed by atoms with E-state index in [9.17, 15) is 27.6 Å². The van der Waals surface area contributed by atoms with Gasteiger partial charge in [0.05, 0.1) is 43.7 Å². The first-order chi connectivity index (χ1) is 44.9. The van der Waals surface area contributed by atoms with Crippen LogP contribution in [0.3, 0.4) is 0 Å². The zero-order valence-corrected chi connectivity index (χ0v) is 52.1. The topological polar surface area (TPSA) is 237 Å². The van der Waals surface area contributed by atoms with E-state index in [4.69, 9.17) is 34.0 Å². The number of aryl methyl sites for hydroxylation is 3. The van der Waals surface area contributed by atoms with Crippen LogP contribution in [0.4, 0.5) is 30.6 Å². The Morgan fingerprint density at radius 2 is 0.892 bits per heavy atom. The molecule has 5 N–H and O–H groups in total. The van der Waals surface area contributed by atoms with Gasteiger partial charge in [0.15, 0.2) is 34.5 Å². The van der Waals surface area contributed by atoms with Crippen LogP contribution in [0, 0.1) is 38.2 Å². The number of nitrogens with zero attached hydrogens (tertiary/aromatic N) is 15. The number of hydrogen-bond donors (Lipinski definition) is 4. The molecule has 3 aromatic carbocycles. The minimum absolute atomic E-state index is 0.00847. The Balaban J connectivity index is 0.000000125. The number of halogens is 5. The minimum Gasteiger partial charge on any atom is -0.476 e. The van der Waals surface area contributed by atoms with Gasteiger partial charge in [0, 0.05) is 144 Å². The van der Waals surface area contributed by atoms with Crippen molar-refractivity contribution in [1.29, 1.82) is 0 Å². The van der Waals surface area contributed by atoms with Crippen molar-refractivity contribution in [3.63, 3.8) is 0 Å². The average molecular weight is 1300 g/mol. The first kappa shape index (κ1) is 62.7. The molecule has 15 rings (SSSR count). The van der Waals surface area contributed by atoms with Gasteiger partial charge in [0.2, 0.25) is 0 Å². The maximum absolute atomic E-state index is 13.7. The van der Waals surface area contributed by atoms with Crippen molar-refractivity contribution in [1.82, 2.24) is 68.1 Å². The monoisotopic (exact) mass is 1300 g/mol. The molecular formula is C66H63Cl2F3N18O4. The maximum Gasteiger partial charge on any atom is 0.356 e. The SMILES string of the molecule is Cc1ccn2ccnc(N3CC[C@H](N)C3)c12.Cc1ccn2ccnc(N3CC[C@H](NC(=O)c4ccn(-c5ccc(Cl)c(F)c5)n4)C3)c12.Cc1ccn2ccnc(N3CC[C@H](NC(=O)c4ccn(-c5cccc(F)c5)n4)C3)c12.O=C(O)c1ccn(-c2ccc(Cl)c(F)c2)n1. The fourth-order valence-electron chi connectivity index (χ4n) is 11.6. The third kappa shape index (κ3) is 13.9. The van der Waals surface area contributed by atoms with E-state index >= 15 is 0 Å². The van der Waals surface area contributed by atoms with Crippen molar-refractivity contribution in [2.24, 2.45) is 5.73 Å². The van der Waals surface area contributed by atoms with E-state index < -0.39 is 17.6 Å². The van der Waals surface area contributed by atoms with Crippen LogP contribution in [0.2, 0.25) is 10.0 Å². The van der Waals surface area contributed by atoms with Crippen LogP contribution in [0.1, 0.15) is 67.4 Å². The highest BCUT2D eigenvalue weighted by Gasteiger charge is 2.30. The number of nitrogens with one attached hydrogen (secondary N) is 2. The molecule has 12 aromatic rings. The fraction of sp³-hybridized carbons (Fsp3) is 0.227. The summed E-state index contributed by atoms with van der Waals surface area (Å²) in [4.78, 5) is 56.3. The smallest absolute Gasteiger partial charge is 0.356 e. The molecule has 3 aliphatic heterocycles. The molecule has 0 radical (unpaired) electrons. The number of hydrogen-bond acceptors (Lipinski definition) is 13. The second-order valence-corrected chi connectivity index (χ2v) is 23.6. The van der Waals surface area contributed by atoms with Crippen molar-refractivity contribution < 1.29 is 32.7 Å². The minimum atomic E-state index is -1.13. The predicted octanol–water partition coefficient (Wildman–Crippen LogP) is 10.1. The Morgan fingerprint density at radius 3 is 1.28 bits per heavy atom. The number of anilines is 3. The highest BCUT2D eigenvalue weighted by atomic mass is 35.5. The van der Waals surface area contributed by atoms with Gasteiger partial charge in [-0.25, -0.2) is 47.0 Å². The summed E-state index contributed by atoms with van der Waals surface area (Å²) in [6.45, 7) is 11.2. The van der Waals surface area contributed by atoms with E-state index in [0.29, 0.717) is 35.8 Å². The van der Waals surface area contributed by atoms with Crippen molar-refractivity contribution in [3.8, 4) is 17.1 Å². The van der Waals surface area contributed by atoms with Gasteiger partial charge in [-0.2, -0.15) is 15.3 Å². The lowest BCUT2D eigenvalue weighted by Gasteiger charge is -2.19. The van der Waals surface area contributed by atoms with Gasteiger partial charge in [0.1, 0.15) is 17.5 Å². The predicted molar refractivity (Wildman–Crippen MR) is 348 cm³/mol. The number of amides is 2. The van der Waals surface area contributed by atoms with Crippen molar-refractivity contribution in [3.05, 3.63) is 233 Å². The van der Waals surface area contributed by atoms with Gasteiger partial charge in [-0.05, 0) is 136 Å². The lowest BCUT2D eigenvalue weighted by atomic mass is 10.2. The molecule has 3 fully saturated rings. The van der Waals surface area contributed by atoms with E-state index in [1.54, 1.807) is 61.2 Å². The summed E-state index contributed by atoms with van der Waals surface area (Å²) in [5.74, 6) is -0.150. The number of carbonyl (C=O) groups is 3. The zero-order valence-electron chi connectivity index (χ0n) is 50.6. The summed E-state index contributed by atoms with van der Waals surface area (Å²) in [6, 6.07) is 25.7. The molecule has 12 heterocycles. The first-order valence-corrected chi connectivity index (χ1v) is 30.6. The zero-order chi connectivity index (χ0) is 65.0. The number of aromatic nitrogens is 12. The summed E-state index contributed by atoms with van der Waals surface area (Å²) >= 11 is 11.3. The van der Waals surface area contributed by atoms with Crippen LogP contribution < -0.4 is 31.1 Å². The van der Waals surface area contributed by atoms with Crippen LogP contribution in [0.25, 0.3) is 33.6 Å². The first-order valence-electron chi connectivity index (χ1n) is 29.9. The molecule has 0 saturated carbocycles. The Bertz CT molecular complexity index is 4710. The summed E-state index contributed by atoms with van der Waals surface area (Å²) in [5.41, 5.74) is 14.9. The van der Waals surface area contributed by atoms with E-state index in [1.165, 1.54) is 84.9 Å². The Morgan fingerprint density at radius 1 is 0.495 bits per heavy atom. The summed E-state index contributed by atoms with van der Waals surface area (Å²) in [5, 5.41) is 27.2. The van der Waals surface area contributed by atoms with Crippen LogP contribution in [0.15, 0.2) is 171 Å². The summed E-state index contributed by atoms with van der Waals surface area (Å²) < 4.78 is 50.8. The van der Waals surface area contributed by atoms with Gasteiger partial charge in [0.25, 0.3) is 11.8 Å². The van der Waals surface area contributed by atoms with Gasteiger partial charge < -0.3 is 49.4 Å². The lowest BCUT2D eigenvalue weighted by Crippen LogP contribution is -2.37. The Hall–Kier alpha value is -10.5. The number of carbonyl (C=O) groups excluding carboxylic acids is 2. The molecule has 2 amide bonds. The second kappa shape index (κ2) is 27.1. The van der Waals surface area contributed by atoms with Gasteiger partial charge >= 0.3 is 5.97 Å². The van der Waals surface area contributed by atoms with Crippen molar-refractivity contribution in [2.75, 3.05) is 54.0 Å². The molecule has 3 aliphatic rings. The fourth-order valence-corrected chi connectivity index (χ4v) is 11.8. The highest BCUT2D eigenvalue weighted by Crippen LogP contribution is 2.30. The number of fused-ring (bicyclic) bond motifs is 3. The third-order valence-electron chi connectivity index (χ3n) is 16.3.